The molecular formula is C20H19N3O2. The van der Waals surface area contributed by atoms with Crippen molar-refractivity contribution in [1.29, 1.82) is 0 Å². The number of rotatable bonds is 5. The van der Waals surface area contributed by atoms with Crippen molar-refractivity contribution >= 4 is 40.5 Å². The zero-order chi connectivity index (χ0) is 17.8. The molecule has 0 saturated heterocycles. The van der Waals surface area contributed by atoms with Crippen LogP contribution in [0, 0.1) is 0 Å². The molecule has 2 aromatic carbocycles. The fourth-order valence-corrected chi connectivity index (χ4v) is 2.58. The standard InChI is InChI=1S/C20H19N3O2/c1-23(2)18-8-5-14(6-9-18)20(25)22-17-7-10-19-15(13-17)12-16(21-19)4-3-11-24/h3-13,21H,1-2H3,(H,22,25)/b4-3+. The summed E-state index contributed by atoms with van der Waals surface area (Å²) in [7, 11) is 3.92. The van der Waals surface area contributed by atoms with E-state index in [1.165, 1.54) is 6.08 Å². The number of amides is 1. The third kappa shape index (κ3) is 3.77. The van der Waals surface area contributed by atoms with E-state index in [0.29, 0.717) is 5.56 Å². The highest BCUT2D eigenvalue weighted by molar-refractivity contribution is 6.05. The van der Waals surface area contributed by atoms with Gasteiger partial charge in [0.25, 0.3) is 5.91 Å². The van der Waals surface area contributed by atoms with E-state index in [1.54, 1.807) is 6.08 Å². The molecule has 3 aromatic rings. The van der Waals surface area contributed by atoms with Gasteiger partial charge in [-0.2, -0.15) is 0 Å². The number of carbonyl (C=O) groups excluding carboxylic acids is 2. The van der Waals surface area contributed by atoms with Crippen molar-refractivity contribution in [1.82, 2.24) is 4.98 Å². The van der Waals surface area contributed by atoms with Crippen LogP contribution >= 0.6 is 0 Å². The Hall–Kier alpha value is -3.34. The molecule has 0 unspecified atom stereocenters. The second kappa shape index (κ2) is 7.05. The molecule has 5 nitrogen and oxygen atoms in total. The van der Waals surface area contributed by atoms with Crippen LogP contribution in [0.1, 0.15) is 16.1 Å². The summed E-state index contributed by atoms with van der Waals surface area (Å²) in [5.74, 6) is -0.152. The van der Waals surface area contributed by atoms with Crippen LogP contribution in [0.5, 0.6) is 0 Å². The molecular weight excluding hydrogens is 314 g/mol. The highest BCUT2D eigenvalue weighted by atomic mass is 16.1. The minimum absolute atomic E-state index is 0.152. The fraction of sp³-hybridized carbons (Fsp3) is 0.100. The Bertz CT molecular complexity index is 937. The van der Waals surface area contributed by atoms with Gasteiger partial charge in [0.1, 0.15) is 6.29 Å². The summed E-state index contributed by atoms with van der Waals surface area (Å²) >= 11 is 0. The second-order valence-corrected chi connectivity index (χ2v) is 5.92. The van der Waals surface area contributed by atoms with Gasteiger partial charge in [0.2, 0.25) is 0 Å². The van der Waals surface area contributed by atoms with Crippen molar-refractivity contribution in [3.05, 3.63) is 65.9 Å². The summed E-state index contributed by atoms with van der Waals surface area (Å²) in [4.78, 5) is 28.0. The summed E-state index contributed by atoms with van der Waals surface area (Å²) < 4.78 is 0. The minimum Gasteiger partial charge on any atom is -0.378 e. The van der Waals surface area contributed by atoms with Gasteiger partial charge < -0.3 is 15.2 Å². The van der Waals surface area contributed by atoms with Gasteiger partial charge in [0.15, 0.2) is 0 Å². The number of hydrogen-bond acceptors (Lipinski definition) is 3. The van der Waals surface area contributed by atoms with Gasteiger partial charge in [-0.15, -0.1) is 0 Å². The molecule has 2 N–H and O–H groups in total. The smallest absolute Gasteiger partial charge is 0.255 e. The first kappa shape index (κ1) is 16.5. The molecule has 0 radical (unpaired) electrons. The predicted molar refractivity (Wildman–Crippen MR) is 102 cm³/mol. The number of allylic oxidation sites excluding steroid dienone is 1. The number of benzene rings is 2. The highest BCUT2D eigenvalue weighted by Gasteiger charge is 2.08. The largest absolute Gasteiger partial charge is 0.378 e. The number of aromatic nitrogens is 1. The number of nitrogens with zero attached hydrogens (tertiary/aromatic N) is 1. The Balaban J connectivity index is 1.78. The van der Waals surface area contributed by atoms with Gasteiger partial charge in [-0.25, -0.2) is 0 Å². The number of aldehydes is 1. The lowest BCUT2D eigenvalue weighted by Crippen LogP contribution is -2.13. The molecule has 0 aliphatic rings. The van der Waals surface area contributed by atoms with E-state index in [1.807, 2.05) is 67.5 Å². The molecule has 0 spiro atoms. The zero-order valence-electron chi connectivity index (χ0n) is 14.1. The monoisotopic (exact) mass is 333 g/mol. The summed E-state index contributed by atoms with van der Waals surface area (Å²) in [6.07, 6.45) is 3.88. The normalized spacial score (nSPS) is 11.0. The maximum Gasteiger partial charge on any atom is 0.255 e. The number of H-pyrrole nitrogens is 1. The van der Waals surface area contributed by atoms with Crippen molar-refractivity contribution in [2.24, 2.45) is 0 Å². The van der Waals surface area contributed by atoms with E-state index >= 15 is 0 Å². The SMILES string of the molecule is CN(C)c1ccc(C(=O)Nc2ccc3[nH]c(/C=C/C=O)cc3c2)cc1. The molecule has 5 heteroatoms. The van der Waals surface area contributed by atoms with E-state index in [0.717, 1.165) is 34.3 Å². The Morgan fingerprint density at radius 3 is 2.52 bits per heavy atom. The summed E-state index contributed by atoms with van der Waals surface area (Å²) in [6.45, 7) is 0. The van der Waals surface area contributed by atoms with Crippen molar-refractivity contribution in [2.75, 3.05) is 24.3 Å². The molecule has 0 aliphatic carbocycles. The number of aromatic amines is 1. The molecule has 0 bridgehead atoms. The first-order valence-corrected chi connectivity index (χ1v) is 7.90. The van der Waals surface area contributed by atoms with Gasteiger partial charge >= 0.3 is 0 Å². The van der Waals surface area contributed by atoms with Gasteiger partial charge in [-0.3, -0.25) is 9.59 Å². The maximum absolute atomic E-state index is 12.4. The number of carbonyl (C=O) groups is 2. The average Bonchev–Trinajstić information content (AvgIpc) is 3.02. The summed E-state index contributed by atoms with van der Waals surface area (Å²) in [6, 6.07) is 15.0. The lowest BCUT2D eigenvalue weighted by molar-refractivity contribution is -0.104. The minimum atomic E-state index is -0.152. The molecule has 1 amide bonds. The molecule has 0 saturated carbocycles. The molecule has 0 atom stereocenters. The zero-order valence-corrected chi connectivity index (χ0v) is 14.1. The molecule has 1 heterocycles. The van der Waals surface area contributed by atoms with Gasteiger partial charge in [-0.1, -0.05) is 0 Å². The van der Waals surface area contributed by atoms with Crippen LogP contribution in [-0.4, -0.2) is 31.3 Å². The molecule has 0 aliphatic heterocycles. The van der Waals surface area contributed by atoms with Gasteiger partial charge in [0.05, 0.1) is 0 Å². The first-order valence-electron chi connectivity index (χ1n) is 7.90. The van der Waals surface area contributed by atoms with Crippen LogP contribution in [0.2, 0.25) is 0 Å². The molecule has 126 valence electrons. The fourth-order valence-electron chi connectivity index (χ4n) is 2.58. The lowest BCUT2D eigenvalue weighted by atomic mass is 10.1. The van der Waals surface area contributed by atoms with E-state index in [4.69, 9.17) is 0 Å². The molecule has 3 rings (SSSR count). The number of nitrogens with one attached hydrogen (secondary N) is 2. The molecule has 25 heavy (non-hydrogen) atoms. The van der Waals surface area contributed by atoms with Crippen LogP contribution < -0.4 is 10.2 Å². The predicted octanol–water partition coefficient (Wildman–Crippen LogP) is 3.70. The van der Waals surface area contributed by atoms with Crippen molar-refractivity contribution in [3.8, 4) is 0 Å². The second-order valence-electron chi connectivity index (χ2n) is 5.92. The van der Waals surface area contributed by atoms with E-state index in [9.17, 15) is 9.59 Å². The summed E-state index contributed by atoms with van der Waals surface area (Å²) in [5, 5.41) is 3.88. The van der Waals surface area contributed by atoms with Crippen LogP contribution in [0.4, 0.5) is 11.4 Å². The van der Waals surface area contributed by atoms with Crippen LogP contribution in [0.15, 0.2) is 54.6 Å². The van der Waals surface area contributed by atoms with Crippen molar-refractivity contribution < 1.29 is 9.59 Å². The van der Waals surface area contributed by atoms with E-state index in [-0.39, 0.29) is 5.91 Å². The Labute approximate surface area is 146 Å². The highest BCUT2D eigenvalue weighted by Crippen LogP contribution is 2.21. The third-order valence-electron chi connectivity index (χ3n) is 3.90. The Morgan fingerprint density at radius 2 is 1.84 bits per heavy atom. The van der Waals surface area contributed by atoms with Crippen molar-refractivity contribution in [2.45, 2.75) is 0 Å². The van der Waals surface area contributed by atoms with Crippen LogP contribution in [0.3, 0.4) is 0 Å². The first-order chi connectivity index (χ1) is 12.1. The summed E-state index contributed by atoms with van der Waals surface area (Å²) in [5.41, 5.74) is 4.15. The molecule has 1 aromatic heterocycles. The van der Waals surface area contributed by atoms with Gasteiger partial charge in [-0.05, 0) is 60.7 Å². The number of fused-ring (bicyclic) bond motifs is 1. The van der Waals surface area contributed by atoms with E-state index in [2.05, 4.69) is 10.3 Å². The Kier molecular flexibility index (Phi) is 4.66. The van der Waals surface area contributed by atoms with Crippen LogP contribution in [0.25, 0.3) is 17.0 Å². The van der Waals surface area contributed by atoms with Gasteiger partial charge in [0, 0.05) is 47.6 Å². The molecule has 0 fully saturated rings. The van der Waals surface area contributed by atoms with Crippen LogP contribution in [-0.2, 0) is 4.79 Å². The van der Waals surface area contributed by atoms with Crippen molar-refractivity contribution in [3.63, 3.8) is 0 Å². The quantitative estimate of drug-likeness (QED) is 0.553. The number of hydrogen-bond donors (Lipinski definition) is 2. The maximum atomic E-state index is 12.4. The lowest BCUT2D eigenvalue weighted by Gasteiger charge is -2.12. The third-order valence-corrected chi connectivity index (χ3v) is 3.90. The number of anilines is 2. The van der Waals surface area contributed by atoms with E-state index < -0.39 is 0 Å². The average molecular weight is 333 g/mol. The Morgan fingerprint density at radius 1 is 1.08 bits per heavy atom. The topological polar surface area (TPSA) is 65.2 Å².